The molecule has 7 nitrogen and oxygen atoms in total. The number of aliphatic imine (C=N–C) groups is 1. The van der Waals surface area contributed by atoms with Crippen molar-refractivity contribution in [2.24, 2.45) is 10.9 Å². The zero-order valence-corrected chi connectivity index (χ0v) is 26.1. The molecule has 0 unspecified atom stereocenters. The Hall–Kier alpha value is -2.59. The minimum absolute atomic E-state index is 0.00356. The van der Waals surface area contributed by atoms with Gasteiger partial charge in [-0.3, -0.25) is 9.59 Å². The van der Waals surface area contributed by atoms with E-state index in [0.717, 1.165) is 16.8 Å². The molecule has 4 atom stereocenters. The molecule has 4 aliphatic heterocycles. The average Bonchev–Trinajstić information content (AvgIpc) is 3.63. The number of carbonyl (C=O) groups is 2. The molecule has 4 aliphatic rings. The van der Waals surface area contributed by atoms with Crippen LogP contribution in [0.5, 0.6) is 0 Å². The number of thioether (sulfide) groups is 1. The van der Waals surface area contributed by atoms with Gasteiger partial charge in [-0.15, -0.1) is 0 Å². The molecule has 0 aliphatic carbocycles. The highest BCUT2D eigenvalue weighted by atomic mass is 35.5. The third kappa shape index (κ3) is 5.12. The molecule has 6 rings (SSSR count). The Morgan fingerprint density at radius 2 is 1.67 bits per heavy atom. The number of carbonyl (C=O) groups excluding carboxylic acids is 2. The molecule has 0 bridgehead atoms. The van der Waals surface area contributed by atoms with Gasteiger partial charge >= 0.3 is 0 Å². The lowest BCUT2D eigenvalue weighted by atomic mass is 9.81. The largest absolute Gasteiger partial charge is 0.378 e. The highest BCUT2D eigenvalue weighted by Gasteiger charge is 2.54. The van der Waals surface area contributed by atoms with Gasteiger partial charge in [-0.05, 0) is 60.0 Å². The number of rotatable bonds is 5. The fraction of sp³-hybridized carbons (Fsp3) is 0.452. The monoisotopic (exact) mass is 630 g/mol. The molecule has 2 fully saturated rings. The van der Waals surface area contributed by atoms with Gasteiger partial charge < -0.3 is 19.4 Å². The number of alkyl halides is 1. The highest BCUT2D eigenvalue weighted by molar-refractivity contribution is 8.18. The van der Waals surface area contributed by atoms with Gasteiger partial charge in [-0.25, -0.2) is 9.38 Å². The van der Waals surface area contributed by atoms with Crippen molar-refractivity contribution in [1.29, 1.82) is 0 Å². The lowest BCUT2D eigenvalue weighted by Crippen LogP contribution is -2.51. The first-order valence-electron chi connectivity index (χ1n) is 14.2. The molecular formula is C31H33Cl2FN4O3S. The number of ether oxygens (including phenoxy) is 1. The SMILES string of the molecule is CC(C)C1=C(C(=O)N2C[C@@H](F)C[C@H]2C(=O)N2CCOCC2)SC2=N[C@@](C)(c3ccc(Cl)cc3)[C@@H](c3ccc(Cl)cc3)N21. The summed E-state index contributed by atoms with van der Waals surface area (Å²) in [5, 5.41) is 1.97. The van der Waals surface area contributed by atoms with Crippen LogP contribution in [0.3, 0.4) is 0 Å². The van der Waals surface area contributed by atoms with Gasteiger partial charge in [-0.1, -0.05) is 61.3 Å². The lowest BCUT2D eigenvalue weighted by molar-refractivity contribution is -0.144. The number of benzene rings is 2. The first kappa shape index (κ1) is 29.5. The molecule has 2 aromatic carbocycles. The molecule has 42 heavy (non-hydrogen) atoms. The van der Waals surface area contributed by atoms with Crippen molar-refractivity contribution in [1.82, 2.24) is 14.7 Å². The van der Waals surface area contributed by atoms with Crippen molar-refractivity contribution >= 4 is 51.9 Å². The highest BCUT2D eigenvalue weighted by Crippen LogP contribution is 2.56. The molecule has 2 saturated heterocycles. The lowest BCUT2D eigenvalue weighted by Gasteiger charge is -2.37. The van der Waals surface area contributed by atoms with Gasteiger partial charge in [0.15, 0.2) is 5.17 Å². The van der Waals surface area contributed by atoms with Crippen LogP contribution in [0.2, 0.25) is 10.0 Å². The third-order valence-electron chi connectivity index (χ3n) is 8.48. The Morgan fingerprint density at radius 1 is 1.05 bits per heavy atom. The summed E-state index contributed by atoms with van der Waals surface area (Å²) in [7, 11) is 0. The standard InChI is InChI=1S/C31H33Cl2FN4O3S/c1-18(2)25-26(29(40)37-17-23(34)16-24(37)28(39)36-12-14-41-15-13-36)42-30-35-31(3,20-6-10-22(33)11-7-20)27(38(25)30)19-4-8-21(32)9-5-19/h4-11,18,23-24,27H,12-17H2,1-3H3/t23-,24-,27+,31-/m0/s1. The summed E-state index contributed by atoms with van der Waals surface area (Å²) < 4.78 is 20.2. The van der Waals surface area contributed by atoms with Crippen LogP contribution < -0.4 is 0 Å². The molecule has 222 valence electrons. The van der Waals surface area contributed by atoms with E-state index in [2.05, 4.69) is 11.8 Å². The van der Waals surface area contributed by atoms with Crippen molar-refractivity contribution in [2.75, 3.05) is 32.8 Å². The number of amidine groups is 1. The third-order valence-corrected chi connectivity index (χ3v) is 10.0. The number of nitrogens with zero attached hydrogens (tertiary/aromatic N) is 4. The van der Waals surface area contributed by atoms with Gasteiger partial charge in [0, 0.05) is 35.3 Å². The van der Waals surface area contributed by atoms with E-state index in [1.165, 1.54) is 16.7 Å². The predicted molar refractivity (Wildman–Crippen MR) is 164 cm³/mol. The second-order valence-corrected chi connectivity index (χ2v) is 13.4. The fourth-order valence-electron chi connectivity index (χ4n) is 6.43. The van der Waals surface area contributed by atoms with Crippen molar-refractivity contribution in [2.45, 2.75) is 51.0 Å². The molecule has 0 spiro atoms. The first-order valence-corrected chi connectivity index (χ1v) is 15.8. The van der Waals surface area contributed by atoms with Crippen LogP contribution >= 0.6 is 35.0 Å². The first-order chi connectivity index (χ1) is 20.1. The molecule has 4 heterocycles. The zero-order valence-electron chi connectivity index (χ0n) is 23.7. The Balaban J connectivity index is 1.40. The summed E-state index contributed by atoms with van der Waals surface area (Å²) >= 11 is 13.8. The van der Waals surface area contributed by atoms with Crippen LogP contribution in [0.4, 0.5) is 4.39 Å². The van der Waals surface area contributed by atoms with E-state index in [1.54, 1.807) is 4.90 Å². The van der Waals surface area contributed by atoms with Gasteiger partial charge in [0.05, 0.1) is 25.8 Å². The van der Waals surface area contributed by atoms with Crippen LogP contribution in [-0.4, -0.2) is 76.7 Å². The summed E-state index contributed by atoms with van der Waals surface area (Å²) in [4.78, 5) is 38.7. The molecule has 0 aromatic heterocycles. The van der Waals surface area contributed by atoms with Crippen LogP contribution in [0.25, 0.3) is 0 Å². The number of morpholine rings is 1. The summed E-state index contributed by atoms with van der Waals surface area (Å²) in [5.41, 5.74) is 2.11. The minimum Gasteiger partial charge on any atom is -0.378 e. The molecule has 2 aromatic rings. The van der Waals surface area contributed by atoms with Gasteiger partial charge in [0.2, 0.25) is 5.91 Å². The number of hydrogen-bond acceptors (Lipinski definition) is 6. The number of allylic oxidation sites excluding steroid dienone is 1. The average molecular weight is 632 g/mol. The Morgan fingerprint density at radius 3 is 2.29 bits per heavy atom. The number of fused-ring (bicyclic) bond motifs is 1. The second kappa shape index (κ2) is 11.5. The maximum Gasteiger partial charge on any atom is 0.263 e. The number of likely N-dealkylation sites (tertiary alicyclic amines) is 1. The summed E-state index contributed by atoms with van der Waals surface area (Å²) in [6, 6.07) is 14.3. The Kier molecular flexibility index (Phi) is 8.06. The van der Waals surface area contributed by atoms with Crippen LogP contribution in [0.15, 0.2) is 64.1 Å². The van der Waals surface area contributed by atoms with Crippen LogP contribution in [0, 0.1) is 5.92 Å². The van der Waals surface area contributed by atoms with E-state index in [-0.39, 0.29) is 36.7 Å². The summed E-state index contributed by atoms with van der Waals surface area (Å²) in [6.07, 6.45) is -1.26. The predicted octanol–water partition coefficient (Wildman–Crippen LogP) is 6.03. The smallest absolute Gasteiger partial charge is 0.263 e. The molecule has 0 saturated carbocycles. The van der Waals surface area contributed by atoms with E-state index in [1.807, 2.05) is 62.4 Å². The van der Waals surface area contributed by atoms with E-state index in [4.69, 9.17) is 32.9 Å². The van der Waals surface area contributed by atoms with Crippen molar-refractivity contribution < 1.29 is 18.7 Å². The fourth-order valence-corrected chi connectivity index (χ4v) is 8.05. The van der Waals surface area contributed by atoms with E-state index in [0.29, 0.717) is 46.4 Å². The number of halogens is 3. The number of hydrogen-bond donors (Lipinski definition) is 0. The van der Waals surface area contributed by atoms with Gasteiger partial charge in [0.1, 0.15) is 22.7 Å². The molecule has 0 N–H and O–H groups in total. The topological polar surface area (TPSA) is 65.5 Å². The summed E-state index contributed by atoms with van der Waals surface area (Å²) in [5.74, 6) is -0.590. The van der Waals surface area contributed by atoms with E-state index < -0.39 is 17.8 Å². The second-order valence-electron chi connectivity index (χ2n) is 11.6. The molecular weight excluding hydrogens is 598 g/mol. The molecule has 11 heteroatoms. The van der Waals surface area contributed by atoms with Gasteiger partial charge in [0.25, 0.3) is 5.91 Å². The van der Waals surface area contributed by atoms with Crippen molar-refractivity contribution in [3.05, 3.63) is 80.3 Å². The van der Waals surface area contributed by atoms with Gasteiger partial charge in [-0.2, -0.15) is 0 Å². The molecule has 0 radical (unpaired) electrons. The Labute approximate surface area is 259 Å². The maximum absolute atomic E-state index is 14.9. The van der Waals surface area contributed by atoms with E-state index >= 15 is 0 Å². The maximum atomic E-state index is 14.9. The minimum atomic E-state index is -1.26. The quantitative estimate of drug-likeness (QED) is 0.403. The molecule has 2 amide bonds. The van der Waals surface area contributed by atoms with Crippen molar-refractivity contribution in [3.63, 3.8) is 0 Å². The van der Waals surface area contributed by atoms with E-state index in [9.17, 15) is 14.0 Å². The number of amides is 2. The van der Waals surface area contributed by atoms with Crippen molar-refractivity contribution in [3.8, 4) is 0 Å². The normalized spacial score (nSPS) is 27.6. The van der Waals surface area contributed by atoms with Crippen LogP contribution in [0.1, 0.15) is 44.4 Å². The Bertz CT molecular complexity index is 1450. The summed E-state index contributed by atoms with van der Waals surface area (Å²) in [6.45, 7) is 7.84. The zero-order chi connectivity index (χ0) is 29.8. The van der Waals surface area contributed by atoms with Crippen LogP contribution in [-0.2, 0) is 19.9 Å².